The number of hydrogen-bond acceptors (Lipinski definition) is 7. The van der Waals surface area contributed by atoms with Crippen LogP contribution in [0.1, 0.15) is 47.6 Å². The van der Waals surface area contributed by atoms with Crippen molar-refractivity contribution in [2.45, 2.75) is 44.4 Å². The molecular weight excluding hydrogens is 419 g/mol. The number of nitrogens with one attached hydrogen (secondary N) is 1. The van der Waals surface area contributed by atoms with Crippen LogP contribution in [0.3, 0.4) is 0 Å². The van der Waals surface area contributed by atoms with Gasteiger partial charge in [-0.05, 0) is 49.4 Å². The highest BCUT2D eigenvalue weighted by molar-refractivity contribution is 5.94. The summed E-state index contributed by atoms with van der Waals surface area (Å²) < 4.78 is 22.7. The molecule has 1 fully saturated rings. The summed E-state index contributed by atoms with van der Waals surface area (Å²) in [6.07, 6.45) is 6.07. The summed E-state index contributed by atoms with van der Waals surface area (Å²) in [5, 5.41) is 17.1. The van der Waals surface area contributed by atoms with Gasteiger partial charge in [0.2, 0.25) is 5.75 Å². The molecule has 1 amide bonds. The molecule has 166 valence electrons. The van der Waals surface area contributed by atoms with E-state index >= 15 is 0 Å². The normalized spacial score (nSPS) is 16.8. The van der Waals surface area contributed by atoms with Crippen molar-refractivity contribution in [3.63, 3.8) is 0 Å². The Bertz CT molecular complexity index is 1230. The summed E-state index contributed by atoms with van der Waals surface area (Å²) in [7, 11) is 0. The van der Waals surface area contributed by atoms with Gasteiger partial charge in [0.15, 0.2) is 5.69 Å². The van der Waals surface area contributed by atoms with E-state index in [1.54, 1.807) is 0 Å². The Balaban J connectivity index is 1.46. The molecular formula is C21H21FN6O4. The lowest BCUT2D eigenvalue weighted by molar-refractivity contribution is -0.0789. The average molecular weight is 440 g/mol. The van der Waals surface area contributed by atoms with Gasteiger partial charge in [0.05, 0.1) is 18.8 Å². The van der Waals surface area contributed by atoms with Gasteiger partial charge in [0.1, 0.15) is 29.9 Å². The fraction of sp³-hybridized carbons (Fsp3) is 0.381. The van der Waals surface area contributed by atoms with Crippen molar-refractivity contribution in [1.82, 2.24) is 29.6 Å². The summed E-state index contributed by atoms with van der Waals surface area (Å²) in [5.41, 5.74) is -0.762. The first-order chi connectivity index (χ1) is 15.5. The zero-order valence-corrected chi connectivity index (χ0v) is 17.1. The van der Waals surface area contributed by atoms with Gasteiger partial charge in [-0.15, -0.1) is 0 Å². The predicted octanol–water partition coefficient (Wildman–Crippen LogP) is 1.40. The van der Waals surface area contributed by atoms with Gasteiger partial charge in [-0.2, -0.15) is 5.10 Å². The highest BCUT2D eigenvalue weighted by atomic mass is 19.1. The lowest BCUT2D eigenvalue weighted by Gasteiger charge is -2.35. The maximum absolute atomic E-state index is 13.8. The van der Waals surface area contributed by atoms with E-state index in [0.29, 0.717) is 36.5 Å². The lowest BCUT2D eigenvalue weighted by atomic mass is 9.99. The Morgan fingerprint density at radius 1 is 1.31 bits per heavy atom. The highest BCUT2D eigenvalue weighted by Crippen LogP contribution is 2.42. The van der Waals surface area contributed by atoms with E-state index in [9.17, 15) is 19.1 Å². The third kappa shape index (κ3) is 3.34. The van der Waals surface area contributed by atoms with Crippen LogP contribution >= 0.6 is 0 Å². The van der Waals surface area contributed by atoms with Gasteiger partial charge in [-0.3, -0.25) is 14.2 Å². The molecule has 2 aromatic heterocycles. The molecule has 0 bridgehead atoms. The fourth-order valence-corrected chi connectivity index (χ4v) is 4.48. The third-order valence-electron chi connectivity index (χ3n) is 6.02. The summed E-state index contributed by atoms with van der Waals surface area (Å²) >= 11 is 0. The molecule has 1 spiro atoms. The number of halogens is 1. The molecule has 10 nitrogen and oxygen atoms in total. The molecule has 1 aliphatic heterocycles. The maximum Gasteiger partial charge on any atom is 0.296 e. The first-order valence-electron chi connectivity index (χ1n) is 10.4. The molecule has 2 N–H and O–H groups in total. The third-order valence-corrected chi connectivity index (χ3v) is 6.02. The molecule has 1 aromatic carbocycles. The van der Waals surface area contributed by atoms with Crippen LogP contribution in [0.25, 0.3) is 5.69 Å². The zero-order valence-electron chi connectivity index (χ0n) is 17.1. The zero-order chi connectivity index (χ0) is 22.3. The molecule has 3 heterocycles. The molecule has 0 saturated heterocycles. The van der Waals surface area contributed by atoms with Crippen LogP contribution in [-0.2, 0) is 23.4 Å². The number of hydrogen-bond donors (Lipinski definition) is 2. The number of fused-ring (bicyclic) bond motifs is 2. The van der Waals surface area contributed by atoms with Gasteiger partial charge < -0.3 is 15.2 Å². The number of rotatable bonds is 4. The minimum atomic E-state index is -0.740. The molecule has 2 aliphatic rings. The van der Waals surface area contributed by atoms with Gasteiger partial charge in [-0.25, -0.2) is 19.0 Å². The van der Waals surface area contributed by atoms with E-state index in [0.717, 1.165) is 12.8 Å². The van der Waals surface area contributed by atoms with Crippen LogP contribution in [-0.4, -0.2) is 41.9 Å². The average Bonchev–Trinajstić information content (AvgIpc) is 3.48. The summed E-state index contributed by atoms with van der Waals surface area (Å²) in [4.78, 5) is 34.0. The van der Waals surface area contributed by atoms with E-state index in [2.05, 4.69) is 20.4 Å². The minimum Gasteiger partial charge on any atom is -0.501 e. The number of carbonyl (C=O) groups is 1. The Morgan fingerprint density at radius 2 is 2.12 bits per heavy atom. The number of nitrogens with zero attached hydrogens (tertiary/aromatic N) is 5. The van der Waals surface area contributed by atoms with E-state index in [4.69, 9.17) is 4.74 Å². The topological polar surface area (TPSA) is 124 Å². The second-order valence-corrected chi connectivity index (χ2v) is 7.94. The van der Waals surface area contributed by atoms with E-state index in [1.165, 1.54) is 40.1 Å². The fourth-order valence-electron chi connectivity index (χ4n) is 4.48. The molecule has 3 aromatic rings. The number of amides is 1. The van der Waals surface area contributed by atoms with E-state index < -0.39 is 28.6 Å². The van der Waals surface area contributed by atoms with E-state index in [-0.39, 0.29) is 18.8 Å². The minimum absolute atomic E-state index is 0.0764. The summed E-state index contributed by atoms with van der Waals surface area (Å²) in [6.45, 7) is 0.542. The molecule has 32 heavy (non-hydrogen) atoms. The largest absolute Gasteiger partial charge is 0.501 e. The second-order valence-electron chi connectivity index (χ2n) is 7.94. The Labute approximate surface area is 181 Å². The number of aromatic nitrogens is 5. The molecule has 0 unspecified atom stereocenters. The van der Waals surface area contributed by atoms with Crippen LogP contribution in [0.4, 0.5) is 4.39 Å². The summed E-state index contributed by atoms with van der Waals surface area (Å²) in [6, 6.07) is 4.07. The van der Waals surface area contributed by atoms with Gasteiger partial charge in [0.25, 0.3) is 11.5 Å². The number of aromatic hydroxyl groups is 1. The number of ether oxygens (including phenoxy) is 1. The Morgan fingerprint density at radius 3 is 2.88 bits per heavy atom. The molecule has 11 heteroatoms. The van der Waals surface area contributed by atoms with Crippen molar-refractivity contribution >= 4 is 5.91 Å². The smallest absolute Gasteiger partial charge is 0.296 e. The molecule has 1 aliphatic carbocycles. The van der Waals surface area contributed by atoms with Crippen molar-refractivity contribution in [1.29, 1.82) is 0 Å². The highest BCUT2D eigenvalue weighted by Gasteiger charge is 2.44. The molecule has 0 radical (unpaired) electrons. The van der Waals surface area contributed by atoms with Crippen molar-refractivity contribution < 1.29 is 19.0 Å². The van der Waals surface area contributed by atoms with E-state index in [1.807, 2.05) is 0 Å². The van der Waals surface area contributed by atoms with Gasteiger partial charge in [0, 0.05) is 6.54 Å². The Kier molecular flexibility index (Phi) is 4.97. The SMILES string of the molecule is O=C(NCc1cc(F)ccc1-n1cncn1)c1nc2n(c(=O)c1O)CCOC21CCCC1. The second kappa shape index (κ2) is 7.83. The van der Waals surface area contributed by atoms with Crippen LogP contribution in [0.15, 0.2) is 35.6 Å². The number of carbonyl (C=O) groups excluding carboxylic acids is 1. The van der Waals surface area contributed by atoms with Crippen LogP contribution in [0.5, 0.6) is 5.75 Å². The molecule has 0 atom stereocenters. The van der Waals surface area contributed by atoms with Gasteiger partial charge >= 0.3 is 0 Å². The standard InChI is InChI=1S/C21H21FN6O4/c22-14-3-4-15(28-12-23-11-25-28)13(9-14)10-24-18(30)16-17(29)19(31)27-7-8-32-21(20(27)26-16)5-1-2-6-21/h3-4,9,11-12,29H,1-2,5-8,10H2,(H,24,30). The molecule has 5 rings (SSSR count). The van der Waals surface area contributed by atoms with Crippen LogP contribution in [0, 0.1) is 5.82 Å². The van der Waals surface area contributed by atoms with Crippen molar-refractivity contribution in [2.75, 3.05) is 6.61 Å². The first kappa shape index (κ1) is 20.3. The Hall–Kier alpha value is -3.60. The monoisotopic (exact) mass is 440 g/mol. The first-order valence-corrected chi connectivity index (χ1v) is 10.4. The molecule has 1 saturated carbocycles. The quantitative estimate of drug-likeness (QED) is 0.628. The predicted molar refractivity (Wildman–Crippen MR) is 109 cm³/mol. The summed E-state index contributed by atoms with van der Waals surface area (Å²) in [5.74, 6) is -1.55. The lowest BCUT2D eigenvalue weighted by Crippen LogP contribution is -2.44. The van der Waals surface area contributed by atoms with Crippen LogP contribution in [0.2, 0.25) is 0 Å². The van der Waals surface area contributed by atoms with Crippen molar-refractivity contribution in [3.05, 3.63) is 64.1 Å². The van der Waals surface area contributed by atoms with Crippen LogP contribution < -0.4 is 10.9 Å². The van der Waals surface area contributed by atoms with Gasteiger partial charge in [-0.1, -0.05) is 0 Å². The number of benzene rings is 1. The van der Waals surface area contributed by atoms with Crippen molar-refractivity contribution in [3.8, 4) is 11.4 Å². The van der Waals surface area contributed by atoms with Crippen molar-refractivity contribution in [2.24, 2.45) is 0 Å². The maximum atomic E-state index is 13.8.